The highest BCUT2D eigenvalue weighted by Gasteiger charge is 2.33. The summed E-state index contributed by atoms with van der Waals surface area (Å²) in [4.78, 5) is 1.03. The summed E-state index contributed by atoms with van der Waals surface area (Å²) >= 11 is 1.35. The SMILES string of the molecule is CCc1nnsc1C(N)C1CCCC(S(C)(=O)=O)C1. The minimum absolute atomic E-state index is 0.125. The van der Waals surface area contributed by atoms with Gasteiger partial charge in [-0.3, -0.25) is 0 Å². The third-order valence-electron chi connectivity index (χ3n) is 4.00. The van der Waals surface area contributed by atoms with Crippen molar-refractivity contribution in [2.24, 2.45) is 11.7 Å². The lowest BCUT2D eigenvalue weighted by atomic mass is 9.83. The predicted molar refractivity (Wildman–Crippen MR) is 76.8 cm³/mol. The van der Waals surface area contributed by atoms with Crippen LogP contribution < -0.4 is 5.73 Å². The normalized spacial score (nSPS) is 26.3. The Kier molecular flexibility index (Phi) is 4.58. The average molecular weight is 303 g/mol. The Morgan fingerprint density at radius 3 is 2.84 bits per heavy atom. The van der Waals surface area contributed by atoms with Crippen LogP contribution in [0.4, 0.5) is 0 Å². The maximum Gasteiger partial charge on any atom is 0.150 e. The second-order valence-corrected chi connectivity index (χ2v) is 8.45. The summed E-state index contributed by atoms with van der Waals surface area (Å²) in [5.74, 6) is 0.223. The van der Waals surface area contributed by atoms with Crippen LogP contribution in [0.15, 0.2) is 0 Å². The van der Waals surface area contributed by atoms with E-state index >= 15 is 0 Å². The quantitative estimate of drug-likeness (QED) is 0.915. The first-order valence-corrected chi connectivity index (χ1v) is 9.41. The molecule has 0 saturated heterocycles. The van der Waals surface area contributed by atoms with Crippen molar-refractivity contribution >= 4 is 21.4 Å². The molecule has 1 saturated carbocycles. The molecular weight excluding hydrogens is 282 g/mol. The van der Waals surface area contributed by atoms with Gasteiger partial charge in [0.15, 0.2) is 0 Å². The molecule has 2 rings (SSSR count). The van der Waals surface area contributed by atoms with E-state index in [1.807, 2.05) is 6.92 Å². The molecule has 0 amide bonds. The summed E-state index contributed by atoms with van der Waals surface area (Å²) < 4.78 is 27.4. The van der Waals surface area contributed by atoms with Crippen molar-refractivity contribution in [2.45, 2.75) is 50.3 Å². The molecule has 1 aliphatic carbocycles. The van der Waals surface area contributed by atoms with E-state index < -0.39 is 9.84 Å². The van der Waals surface area contributed by atoms with Crippen molar-refractivity contribution in [3.05, 3.63) is 10.6 Å². The lowest BCUT2D eigenvalue weighted by Gasteiger charge is -2.31. The third kappa shape index (κ3) is 3.32. The molecule has 1 heterocycles. The van der Waals surface area contributed by atoms with Gasteiger partial charge in [-0.2, -0.15) is 0 Å². The van der Waals surface area contributed by atoms with Crippen molar-refractivity contribution in [1.29, 1.82) is 0 Å². The molecule has 1 aliphatic rings. The van der Waals surface area contributed by atoms with Crippen LogP contribution in [0, 0.1) is 5.92 Å². The van der Waals surface area contributed by atoms with Gasteiger partial charge in [-0.05, 0) is 43.1 Å². The molecule has 0 aliphatic heterocycles. The first kappa shape index (κ1) is 14.9. The molecule has 0 bridgehead atoms. The smallest absolute Gasteiger partial charge is 0.150 e. The van der Waals surface area contributed by atoms with E-state index in [0.29, 0.717) is 6.42 Å². The van der Waals surface area contributed by atoms with Gasteiger partial charge < -0.3 is 5.73 Å². The Labute approximate surface area is 118 Å². The summed E-state index contributed by atoms with van der Waals surface area (Å²) in [6, 6.07) is -0.125. The van der Waals surface area contributed by atoms with Crippen LogP contribution in [0.1, 0.15) is 49.2 Å². The predicted octanol–water partition coefficient (Wildman–Crippen LogP) is 1.70. The highest BCUT2D eigenvalue weighted by atomic mass is 32.2. The lowest BCUT2D eigenvalue weighted by Crippen LogP contribution is -2.33. The molecule has 0 aromatic carbocycles. The van der Waals surface area contributed by atoms with E-state index in [2.05, 4.69) is 9.59 Å². The largest absolute Gasteiger partial charge is 0.323 e. The molecule has 5 nitrogen and oxygen atoms in total. The van der Waals surface area contributed by atoms with Crippen LogP contribution in [0.3, 0.4) is 0 Å². The zero-order valence-corrected chi connectivity index (χ0v) is 13.0. The first-order valence-electron chi connectivity index (χ1n) is 6.69. The summed E-state index contributed by atoms with van der Waals surface area (Å²) in [6.45, 7) is 2.03. The monoisotopic (exact) mass is 303 g/mol. The van der Waals surface area contributed by atoms with Crippen LogP contribution in [-0.2, 0) is 16.3 Å². The molecular formula is C12H21N3O2S2. The topological polar surface area (TPSA) is 85.9 Å². The van der Waals surface area contributed by atoms with Gasteiger partial charge in [-0.1, -0.05) is 17.8 Å². The number of aromatic nitrogens is 2. The summed E-state index contributed by atoms with van der Waals surface area (Å²) in [7, 11) is -2.96. The molecule has 7 heteroatoms. The fourth-order valence-electron chi connectivity index (χ4n) is 2.82. The van der Waals surface area contributed by atoms with Crippen LogP contribution >= 0.6 is 11.5 Å². The zero-order valence-electron chi connectivity index (χ0n) is 11.4. The number of hydrogen-bond acceptors (Lipinski definition) is 6. The minimum atomic E-state index is -2.96. The number of nitrogens with zero attached hydrogens (tertiary/aromatic N) is 2. The number of aryl methyl sites for hydroxylation is 1. The Bertz CT molecular complexity index is 527. The average Bonchev–Trinajstić information content (AvgIpc) is 2.85. The molecule has 108 valence electrons. The summed E-state index contributed by atoms with van der Waals surface area (Å²) in [6.07, 6.45) is 5.52. The Morgan fingerprint density at radius 2 is 2.21 bits per heavy atom. The minimum Gasteiger partial charge on any atom is -0.323 e. The van der Waals surface area contributed by atoms with Gasteiger partial charge in [0, 0.05) is 12.3 Å². The first-order chi connectivity index (χ1) is 8.93. The Morgan fingerprint density at radius 1 is 1.47 bits per heavy atom. The molecule has 1 fully saturated rings. The van der Waals surface area contributed by atoms with Crippen molar-refractivity contribution in [2.75, 3.05) is 6.26 Å². The molecule has 1 aromatic rings. The van der Waals surface area contributed by atoms with Crippen molar-refractivity contribution in [3.63, 3.8) is 0 Å². The number of sulfone groups is 1. The van der Waals surface area contributed by atoms with Gasteiger partial charge in [-0.25, -0.2) is 8.42 Å². The van der Waals surface area contributed by atoms with Crippen LogP contribution in [-0.4, -0.2) is 29.5 Å². The maximum atomic E-state index is 11.7. The summed E-state index contributed by atoms with van der Waals surface area (Å²) in [5, 5.41) is 3.86. The molecule has 19 heavy (non-hydrogen) atoms. The second-order valence-electron chi connectivity index (χ2n) is 5.34. The van der Waals surface area contributed by atoms with Gasteiger partial charge in [0.25, 0.3) is 0 Å². The third-order valence-corrected chi connectivity index (χ3v) is 6.51. The van der Waals surface area contributed by atoms with Gasteiger partial charge in [0.2, 0.25) is 0 Å². The van der Waals surface area contributed by atoms with E-state index in [-0.39, 0.29) is 17.2 Å². The lowest BCUT2D eigenvalue weighted by molar-refractivity contribution is 0.310. The fourth-order valence-corrected chi connectivity index (χ4v) is 4.85. The number of rotatable bonds is 4. The highest BCUT2D eigenvalue weighted by Crippen LogP contribution is 2.37. The standard InChI is InChI=1S/C12H21N3O2S2/c1-3-10-12(18-15-14-10)11(13)8-5-4-6-9(7-8)19(2,16)17/h8-9,11H,3-7,13H2,1-2H3. The van der Waals surface area contributed by atoms with Gasteiger partial charge in [0.05, 0.1) is 15.8 Å². The summed E-state index contributed by atoms with van der Waals surface area (Å²) in [5.41, 5.74) is 7.29. The molecule has 3 unspecified atom stereocenters. The number of hydrogen-bond donors (Lipinski definition) is 1. The number of nitrogens with two attached hydrogens (primary N) is 1. The van der Waals surface area contributed by atoms with Gasteiger partial charge in [-0.15, -0.1) is 5.10 Å². The molecule has 0 spiro atoms. The van der Waals surface area contributed by atoms with E-state index in [1.54, 1.807) is 0 Å². The van der Waals surface area contributed by atoms with Crippen LogP contribution in [0.25, 0.3) is 0 Å². The molecule has 3 atom stereocenters. The molecule has 2 N–H and O–H groups in total. The molecule has 0 radical (unpaired) electrons. The highest BCUT2D eigenvalue weighted by molar-refractivity contribution is 7.91. The Hall–Kier alpha value is -0.530. The van der Waals surface area contributed by atoms with Crippen molar-refractivity contribution in [1.82, 2.24) is 9.59 Å². The second kappa shape index (κ2) is 5.85. The molecule has 1 aromatic heterocycles. The van der Waals surface area contributed by atoms with Gasteiger partial charge in [0.1, 0.15) is 9.84 Å². The maximum absolute atomic E-state index is 11.7. The van der Waals surface area contributed by atoms with Crippen molar-refractivity contribution in [3.8, 4) is 0 Å². The van der Waals surface area contributed by atoms with Crippen LogP contribution in [0.2, 0.25) is 0 Å². The van der Waals surface area contributed by atoms with Crippen molar-refractivity contribution < 1.29 is 8.42 Å². The van der Waals surface area contributed by atoms with Crippen LogP contribution in [0.5, 0.6) is 0 Å². The van der Waals surface area contributed by atoms with Gasteiger partial charge >= 0.3 is 0 Å². The zero-order chi connectivity index (χ0) is 14.0. The van der Waals surface area contributed by atoms with E-state index in [4.69, 9.17) is 5.73 Å². The van der Waals surface area contributed by atoms with E-state index in [0.717, 1.165) is 36.3 Å². The van der Waals surface area contributed by atoms with E-state index in [1.165, 1.54) is 17.8 Å². The van der Waals surface area contributed by atoms with E-state index in [9.17, 15) is 8.42 Å². The fraction of sp³-hybridized carbons (Fsp3) is 0.833. The Balaban J connectivity index is 2.13.